The van der Waals surface area contributed by atoms with Crippen molar-refractivity contribution in [3.8, 4) is 0 Å². The van der Waals surface area contributed by atoms with Crippen molar-refractivity contribution in [2.24, 2.45) is 0 Å². The summed E-state index contributed by atoms with van der Waals surface area (Å²) in [6, 6.07) is 8.40. The van der Waals surface area contributed by atoms with E-state index in [1.54, 1.807) is 0 Å². The first kappa shape index (κ1) is 13.2. The zero-order valence-electron chi connectivity index (χ0n) is 11.8. The molecule has 1 aliphatic carbocycles. The minimum Gasteiger partial charge on any atom is -0.351 e. The van der Waals surface area contributed by atoms with E-state index >= 15 is 0 Å². The quantitative estimate of drug-likeness (QED) is 0.901. The number of benzene rings is 1. The summed E-state index contributed by atoms with van der Waals surface area (Å²) in [5.74, 6) is 0.194. The first-order valence-corrected chi connectivity index (χ1v) is 7.26. The fourth-order valence-corrected chi connectivity index (χ4v) is 2.85. The van der Waals surface area contributed by atoms with E-state index in [1.165, 1.54) is 0 Å². The van der Waals surface area contributed by atoms with Crippen LogP contribution in [0.3, 0.4) is 0 Å². The Balaban J connectivity index is 1.53. The monoisotopic (exact) mass is 272 g/mol. The molecule has 1 heterocycles. The van der Waals surface area contributed by atoms with Crippen LogP contribution in [0.5, 0.6) is 0 Å². The largest absolute Gasteiger partial charge is 0.351 e. The van der Waals surface area contributed by atoms with Crippen LogP contribution in [0, 0.1) is 6.92 Å². The summed E-state index contributed by atoms with van der Waals surface area (Å²) in [6.07, 6.45) is 3.08. The Labute approximate surface area is 119 Å². The summed E-state index contributed by atoms with van der Waals surface area (Å²) in [4.78, 5) is 25.8. The van der Waals surface area contributed by atoms with Gasteiger partial charge in [-0.15, -0.1) is 0 Å². The molecule has 1 aliphatic heterocycles. The number of hydrogen-bond acceptors (Lipinski definition) is 2. The first-order valence-electron chi connectivity index (χ1n) is 7.26. The highest BCUT2D eigenvalue weighted by atomic mass is 16.2. The number of carbonyl (C=O) groups is 2. The molecule has 2 fully saturated rings. The summed E-state index contributed by atoms with van der Waals surface area (Å²) < 4.78 is 0. The number of nitrogens with one attached hydrogen (secondary N) is 1. The molecule has 0 aromatic heterocycles. The van der Waals surface area contributed by atoms with E-state index in [1.807, 2.05) is 36.1 Å². The molecule has 0 bridgehead atoms. The average Bonchev–Trinajstić information content (AvgIpc) is 3.14. The number of rotatable bonds is 4. The summed E-state index contributed by atoms with van der Waals surface area (Å²) in [7, 11) is 0. The van der Waals surface area contributed by atoms with E-state index in [-0.39, 0.29) is 17.9 Å². The lowest BCUT2D eigenvalue weighted by molar-refractivity contribution is -0.128. The van der Waals surface area contributed by atoms with Gasteiger partial charge in [0.1, 0.15) is 0 Å². The highest BCUT2D eigenvalue weighted by Gasteiger charge is 2.39. The third kappa shape index (κ3) is 3.00. The molecule has 1 aromatic carbocycles. The maximum absolute atomic E-state index is 12.0. The molecule has 4 nitrogen and oxygen atoms in total. The van der Waals surface area contributed by atoms with E-state index in [2.05, 4.69) is 5.32 Å². The molecule has 2 amide bonds. The van der Waals surface area contributed by atoms with Crippen LogP contribution in [-0.2, 0) is 16.0 Å². The normalized spacial score (nSPS) is 22.1. The van der Waals surface area contributed by atoms with Gasteiger partial charge in [-0.1, -0.05) is 29.8 Å². The minimum atomic E-state index is -0.0135. The van der Waals surface area contributed by atoms with Crippen LogP contribution in [0.2, 0.25) is 0 Å². The van der Waals surface area contributed by atoms with Crippen LogP contribution in [0.4, 0.5) is 0 Å². The Morgan fingerprint density at radius 3 is 2.90 bits per heavy atom. The molecule has 1 atom stereocenters. The van der Waals surface area contributed by atoms with Gasteiger partial charge in [0, 0.05) is 19.0 Å². The fourth-order valence-electron chi connectivity index (χ4n) is 2.85. The second kappa shape index (κ2) is 5.27. The predicted octanol–water partition coefficient (Wildman–Crippen LogP) is 1.42. The lowest BCUT2D eigenvalue weighted by atomic mass is 10.1. The van der Waals surface area contributed by atoms with Crippen LogP contribution in [0.25, 0.3) is 0 Å². The van der Waals surface area contributed by atoms with Crippen molar-refractivity contribution in [2.75, 3.05) is 6.54 Å². The lowest BCUT2D eigenvalue weighted by Gasteiger charge is -2.16. The zero-order chi connectivity index (χ0) is 14.1. The fraction of sp³-hybridized carbons (Fsp3) is 0.500. The minimum absolute atomic E-state index is 0.00560. The van der Waals surface area contributed by atoms with Crippen molar-refractivity contribution >= 4 is 11.8 Å². The third-order valence-corrected chi connectivity index (χ3v) is 3.96. The molecule has 1 saturated heterocycles. The van der Waals surface area contributed by atoms with Crippen molar-refractivity contribution in [2.45, 2.75) is 44.7 Å². The maximum atomic E-state index is 12.0. The molecule has 106 valence electrons. The number of likely N-dealkylation sites (tertiary alicyclic amines) is 1. The second-order valence-electron chi connectivity index (χ2n) is 5.91. The highest BCUT2D eigenvalue weighted by Crippen LogP contribution is 2.30. The molecular formula is C16H20N2O2. The first-order chi connectivity index (χ1) is 9.61. The molecule has 3 rings (SSSR count). The SMILES string of the molecule is Cc1cccc(CC(=O)NC2CC(=O)N(C3CC3)C2)c1. The van der Waals surface area contributed by atoms with E-state index in [9.17, 15) is 9.59 Å². The highest BCUT2D eigenvalue weighted by molar-refractivity contribution is 5.83. The van der Waals surface area contributed by atoms with Crippen molar-refractivity contribution in [1.29, 1.82) is 0 Å². The topological polar surface area (TPSA) is 49.4 Å². The maximum Gasteiger partial charge on any atom is 0.225 e. The van der Waals surface area contributed by atoms with E-state index < -0.39 is 0 Å². The van der Waals surface area contributed by atoms with Crippen LogP contribution >= 0.6 is 0 Å². The number of aryl methyl sites for hydroxylation is 1. The molecule has 1 N–H and O–H groups in total. The number of amides is 2. The van der Waals surface area contributed by atoms with Crippen LogP contribution in [0.15, 0.2) is 24.3 Å². The average molecular weight is 272 g/mol. The van der Waals surface area contributed by atoms with Gasteiger partial charge in [-0.3, -0.25) is 9.59 Å². The van der Waals surface area contributed by atoms with Crippen LogP contribution in [0.1, 0.15) is 30.4 Å². The van der Waals surface area contributed by atoms with Crippen molar-refractivity contribution in [3.63, 3.8) is 0 Å². The van der Waals surface area contributed by atoms with Crippen molar-refractivity contribution < 1.29 is 9.59 Å². The van der Waals surface area contributed by atoms with Gasteiger partial charge in [-0.05, 0) is 25.3 Å². The molecule has 2 aliphatic rings. The van der Waals surface area contributed by atoms with E-state index in [4.69, 9.17) is 0 Å². The van der Waals surface area contributed by atoms with Gasteiger partial charge in [0.15, 0.2) is 0 Å². The summed E-state index contributed by atoms with van der Waals surface area (Å²) in [5.41, 5.74) is 2.18. The van der Waals surface area contributed by atoms with Gasteiger partial charge in [-0.25, -0.2) is 0 Å². The van der Waals surface area contributed by atoms with Crippen LogP contribution in [-0.4, -0.2) is 35.3 Å². The summed E-state index contributed by atoms with van der Waals surface area (Å²) in [5, 5.41) is 2.99. The Hall–Kier alpha value is -1.84. The Kier molecular flexibility index (Phi) is 3.47. The number of carbonyl (C=O) groups excluding carboxylic acids is 2. The molecule has 1 saturated carbocycles. The smallest absolute Gasteiger partial charge is 0.225 e. The van der Waals surface area contributed by atoms with Gasteiger partial charge in [0.25, 0.3) is 0 Å². The molecule has 4 heteroatoms. The van der Waals surface area contributed by atoms with E-state index in [0.29, 0.717) is 25.4 Å². The van der Waals surface area contributed by atoms with Gasteiger partial charge in [0.05, 0.1) is 12.5 Å². The standard InChI is InChI=1S/C16H20N2O2/c1-11-3-2-4-12(7-11)8-15(19)17-13-9-16(20)18(10-13)14-5-6-14/h2-4,7,13-14H,5-6,8-10H2,1H3,(H,17,19). The van der Waals surface area contributed by atoms with E-state index in [0.717, 1.165) is 24.0 Å². The zero-order valence-corrected chi connectivity index (χ0v) is 11.8. The van der Waals surface area contributed by atoms with Gasteiger partial charge in [-0.2, -0.15) is 0 Å². The Morgan fingerprint density at radius 1 is 1.40 bits per heavy atom. The number of hydrogen-bond donors (Lipinski definition) is 1. The molecular weight excluding hydrogens is 252 g/mol. The van der Waals surface area contributed by atoms with Crippen LogP contribution < -0.4 is 5.32 Å². The predicted molar refractivity (Wildman–Crippen MR) is 76.2 cm³/mol. The molecule has 1 unspecified atom stereocenters. The molecule has 20 heavy (non-hydrogen) atoms. The van der Waals surface area contributed by atoms with Crippen molar-refractivity contribution in [1.82, 2.24) is 10.2 Å². The third-order valence-electron chi connectivity index (χ3n) is 3.96. The molecule has 1 aromatic rings. The van der Waals surface area contributed by atoms with Gasteiger partial charge < -0.3 is 10.2 Å². The van der Waals surface area contributed by atoms with Crippen molar-refractivity contribution in [3.05, 3.63) is 35.4 Å². The molecule has 0 spiro atoms. The lowest BCUT2D eigenvalue weighted by Crippen LogP contribution is -2.38. The summed E-state index contributed by atoms with van der Waals surface area (Å²) in [6.45, 7) is 2.70. The number of nitrogens with zero attached hydrogens (tertiary/aromatic N) is 1. The Bertz CT molecular complexity index is 537. The van der Waals surface area contributed by atoms with Gasteiger partial charge in [0.2, 0.25) is 11.8 Å². The molecule has 0 radical (unpaired) electrons. The summed E-state index contributed by atoms with van der Waals surface area (Å²) >= 11 is 0. The Morgan fingerprint density at radius 2 is 2.20 bits per heavy atom. The second-order valence-corrected chi connectivity index (χ2v) is 5.91. The van der Waals surface area contributed by atoms with Gasteiger partial charge >= 0.3 is 0 Å².